The van der Waals surface area contributed by atoms with Gasteiger partial charge in [0, 0.05) is 37.3 Å². The van der Waals surface area contributed by atoms with Gasteiger partial charge in [0.2, 0.25) is 5.91 Å². The minimum atomic E-state index is 0.139. The SMILES string of the molecule is O=C(NC1CC1)C1CCn2ccnc2C1. The van der Waals surface area contributed by atoms with Crippen LogP contribution in [0.3, 0.4) is 0 Å². The Morgan fingerprint density at radius 1 is 1.47 bits per heavy atom. The summed E-state index contributed by atoms with van der Waals surface area (Å²) in [4.78, 5) is 16.1. The molecule has 80 valence electrons. The van der Waals surface area contributed by atoms with Crippen LogP contribution in [0.2, 0.25) is 0 Å². The third-order valence-electron chi connectivity index (χ3n) is 3.24. The fraction of sp³-hybridized carbons (Fsp3) is 0.636. The lowest BCUT2D eigenvalue weighted by molar-refractivity contribution is -0.125. The van der Waals surface area contributed by atoms with Crippen molar-refractivity contribution in [2.45, 2.75) is 38.3 Å². The average Bonchev–Trinajstić information content (AvgIpc) is 2.94. The highest BCUT2D eigenvalue weighted by atomic mass is 16.2. The Bertz CT molecular complexity index is 381. The van der Waals surface area contributed by atoms with Gasteiger partial charge in [-0.15, -0.1) is 0 Å². The van der Waals surface area contributed by atoms with Gasteiger partial charge in [-0.3, -0.25) is 4.79 Å². The molecule has 1 aliphatic carbocycles. The number of nitrogens with zero attached hydrogens (tertiary/aromatic N) is 2. The van der Waals surface area contributed by atoms with Gasteiger partial charge >= 0.3 is 0 Å². The molecule has 15 heavy (non-hydrogen) atoms. The van der Waals surface area contributed by atoms with Crippen molar-refractivity contribution in [3.8, 4) is 0 Å². The molecule has 1 aliphatic heterocycles. The number of rotatable bonds is 2. The Hall–Kier alpha value is -1.32. The molecule has 0 saturated heterocycles. The van der Waals surface area contributed by atoms with Crippen molar-refractivity contribution in [3.05, 3.63) is 18.2 Å². The highest BCUT2D eigenvalue weighted by Gasteiger charge is 2.30. The maximum atomic E-state index is 11.8. The summed E-state index contributed by atoms with van der Waals surface area (Å²) in [6.45, 7) is 0.929. The van der Waals surface area contributed by atoms with Crippen LogP contribution in [0, 0.1) is 5.92 Å². The summed E-state index contributed by atoms with van der Waals surface area (Å²) in [6.07, 6.45) is 7.87. The van der Waals surface area contributed by atoms with Gasteiger partial charge in [-0.2, -0.15) is 0 Å². The molecule has 2 heterocycles. The number of aromatic nitrogens is 2. The Morgan fingerprint density at radius 3 is 3.13 bits per heavy atom. The summed E-state index contributed by atoms with van der Waals surface area (Å²) < 4.78 is 2.14. The molecule has 1 aromatic heterocycles. The van der Waals surface area contributed by atoms with E-state index in [9.17, 15) is 4.79 Å². The van der Waals surface area contributed by atoms with Crippen molar-refractivity contribution in [1.82, 2.24) is 14.9 Å². The molecule has 0 spiro atoms. The van der Waals surface area contributed by atoms with E-state index in [1.54, 1.807) is 0 Å². The first kappa shape index (κ1) is 8.95. The minimum absolute atomic E-state index is 0.139. The minimum Gasteiger partial charge on any atom is -0.353 e. The number of fused-ring (bicyclic) bond motifs is 1. The number of carbonyl (C=O) groups is 1. The zero-order valence-corrected chi connectivity index (χ0v) is 8.65. The zero-order valence-electron chi connectivity index (χ0n) is 8.65. The van der Waals surface area contributed by atoms with Crippen LogP contribution in [0.4, 0.5) is 0 Å². The van der Waals surface area contributed by atoms with E-state index < -0.39 is 0 Å². The van der Waals surface area contributed by atoms with Crippen molar-refractivity contribution >= 4 is 5.91 Å². The quantitative estimate of drug-likeness (QED) is 0.773. The van der Waals surface area contributed by atoms with Gasteiger partial charge in [-0.1, -0.05) is 0 Å². The number of imidazole rings is 1. The molecule has 1 unspecified atom stereocenters. The Morgan fingerprint density at radius 2 is 2.33 bits per heavy atom. The summed E-state index contributed by atoms with van der Waals surface area (Å²) >= 11 is 0. The molecule has 1 amide bonds. The van der Waals surface area contributed by atoms with E-state index >= 15 is 0 Å². The van der Waals surface area contributed by atoms with Crippen LogP contribution in [0.25, 0.3) is 0 Å². The third kappa shape index (κ3) is 1.76. The van der Waals surface area contributed by atoms with Crippen LogP contribution in [0.1, 0.15) is 25.1 Å². The topological polar surface area (TPSA) is 46.9 Å². The molecule has 1 aromatic rings. The lowest BCUT2D eigenvalue weighted by Gasteiger charge is -2.22. The van der Waals surface area contributed by atoms with E-state index in [1.165, 1.54) is 0 Å². The van der Waals surface area contributed by atoms with Crippen LogP contribution in [0.15, 0.2) is 12.4 Å². The van der Waals surface area contributed by atoms with E-state index in [4.69, 9.17) is 0 Å². The van der Waals surface area contributed by atoms with Gasteiger partial charge in [0.1, 0.15) is 5.82 Å². The summed E-state index contributed by atoms with van der Waals surface area (Å²) in [5.41, 5.74) is 0. The second-order valence-electron chi connectivity index (χ2n) is 4.51. The first-order valence-corrected chi connectivity index (χ1v) is 5.63. The molecule has 0 radical (unpaired) electrons. The molecule has 4 nitrogen and oxygen atoms in total. The molecule has 0 aromatic carbocycles. The molecular weight excluding hydrogens is 190 g/mol. The molecule has 2 aliphatic rings. The van der Waals surface area contributed by atoms with Gasteiger partial charge in [-0.05, 0) is 19.3 Å². The van der Waals surface area contributed by atoms with Crippen molar-refractivity contribution < 1.29 is 4.79 Å². The van der Waals surface area contributed by atoms with Gasteiger partial charge in [-0.25, -0.2) is 4.98 Å². The van der Waals surface area contributed by atoms with Gasteiger partial charge in [0.15, 0.2) is 0 Å². The Balaban J connectivity index is 1.66. The number of carbonyl (C=O) groups excluding carboxylic acids is 1. The fourth-order valence-corrected chi connectivity index (χ4v) is 2.12. The largest absolute Gasteiger partial charge is 0.353 e. The normalized spacial score (nSPS) is 24.7. The number of nitrogens with one attached hydrogen (secondary N) is 1. The van der Waals surface area contributed by atoms with Crippen molar-refractivity contribution in [3.63, 3.8) is 0 Å². The lowest BCUT2D eigenvalue weighted by Crippen LogP contribution is -2.36. The predicted molar refractivity (Wildman–Crippen MR) is 55.2 cm³/mol. The first-order valence-electron chi connectivity index (χ1n) is 5.63. The summed E-state index contributed by atoms with van der Waals surface area (Å²) in [6, 6.07) is 0.471. The zero-order chi connectivity index (χ0) is 10.3. The maximum absolute atomic E-state index is 11.8. The van der Waals surface area contributed by atoms with E-state index in [0.29, 0.717) is 6.04 Å². The third-order valence-corrected chi connectivity index (χ3v) is 3.24. The van der Waals surface area contributed by atoms with Gasteiger partial charge < -0.3 is 9.88 Å². The average molecular weight is 205 g/mol. The Kier molecular flexibility index (Phi) is 2.01. The van der Waals surface area contributed by atoms with Gasteiger partial charge in [0.25, 0.3) is 0 Å². The van der Waals surface area contributed by atoms with Crippen molar-refractivity contribution in [1.29, 1.82) is 0 Å². The fourth-order valence-electron chi connectivity index (χ4n) is 2.12. The highest BCUT2D eigenvalue weighted by molar-refractivity contribution is 5.79. The second-order valence-corrected chi connectivity index (χ2v) is 4.51. The van der Waals surface area contributed by atoms with Crippen molar-refractivity contribution in [2.75, 3.05) is 0 Å². The van der Waals surface area contributed by atoms with E-state index in [-0.39, 0.29) is 11.8 Å². The van der Waals surface area contributed by atoms with E-state index in [1.807, 2.05) is 12.4 Å². The number of aryl methyl sites for hydroxylation is 1. The number of hydrogen-bond acceptors (Lipinski definition) is 2. The summed E-state index contributed by atoms with van der Waals surface area (Å²) in [7, 11) is 0. The molecule has 4 heteroatoms. The maximum Gasteiger partial charge on any atom is 0.223 e. The second kappa shape index (κ2) is 3.36. The molecule has 1 N–H and O–H groups in total. The lowest BCUT2D eigenvalue weighted by atomic mass is 9.97. The van der Waals surface area contributed by atoms with Gasteiger partial charge in [0.05, 0.1) is 0 Å². The monoisotopic (exact) mass is 205 g/mol. The van der Waals surface area contributed by atoms with Crippen molar-refractivity contribution in [2.24, 2.45) is 5.92 Å². The highest BCUT2D eigenvalue weighted by Crippen LogP contribution is 2.23. The van der Waals surface area contributed by atoms with E-state index in [2.05, 4.69) is 14.9 Å². The Labute approximate surface area is 88.7 Å². The smallest absolute Gasteiger partial charge is 0.223 e. The molecule has 1 fully saturated rings. The molecule has 0 bridgehead atoms. The van der Waals surface area contributed by atoms with Crippen LogP contribution in [-0.4, -0.2) is 21.5 Å². The first-order chi connectivity index (χ1) is 7.33. The van der Waals surface area contributed by atoms with Crippen LogP contribution >= 0.6 is 0 Å². The van der Waals surface area contributed by atoms with E-state index in [0.717, 1.165) is 38.1 Å². The van der Waals surface area contributed by atoms with Crippen LogP contribution in [0.5, 0.6) is 0 Å². The van der Waals surface area contributed by atoms with Crippen LogP contribution < -0.4 is 5.32 Å². The number of hydrogen-bond donors (Lipinski definition) is 1. The summed E-state index contributed by atoms with van der Waals surface area (Å²) in [5, 5.41) is 3.07. The molecule has 1 atom stereocenters. The summed E-state index contributed by atoms with van der Waals surface area (Å²) in [5.74, 6) is 1.42. The molecule has 1 saturated carbocycles. The van der Waals surface area contributed by atoms with Crippen LogP contribution in [-0.2, 0) is 17.8 Å². The predicted octanol–water partition coefficient (Wildman–Crippen LogP) is 0.724. The number of amides is 1. The molecule has 3 rings (SSSR count). The molecular formula is C11H15N3O. The standard InChI is InChI=1S/C11H15N3O/c15-11(13-9-1-2-9)8-3-5-14-6-4-12-10(14)7-8/h4,6,8-9H,1-3,5,7H2,(H,13,15).